The molecule has 0 fully saturated rings. The van der Waals surface area contributed by atoms with Gasteiger partial charge in [-0.3, -0.25) is 9.59 Å². The summed E-state index contributed by atoms with van der Waals surface area (Å²) in [6, 6.07) is 9.23. The van der Waals surface area contributed by atoms with Crippen LogP contribution in [-0.2, 0) is 16.1 Å². The van der Waals surface area contributed by atoms with Crippen molar-refractivity contribution in [1.29, 1.82) is 0 Å². The normalized spacial score (nSPS) is 12.1. The van der Waals surface area contributed by atoms with Gasteiger partial charge in [0.05, 0.1) is 0 Å². The predicted octanol–water partition coefficient (Wildman–Crippen LogP) is 2.20. The minimum atomic E-state index is -0.466. The number of amides is 2. The lowest BCUT2D eigenvalue weighted by Gasteiger charge is -2.27. The van der Waals surface area contributed by atoms with Gasteiger partial charge >= 0.3 is 0 Å². The SMILES string of the molecule is CC(=O)N(Cc1ccccc1)[C@@H](C)C(=O)NCC(C)C. The third-order valence-electron chi connectivity index (χ3n) is 3.13. The third-order valence-corrected chi connectivity index (χ3v) is 3.13. The highest BCUT2D eigenvalue weighted by Gasteiger charge is 2.23. The van der Waals surface area contributed by atoms with Crippen LogP contribution in [0.2, 0.25) is 0 Å². The van der Waals surface area contributed by atoms with E-state index >= 15 is 0 Å². The third kappa shape index (κ3) is 5.03. The number of rotatable bonds is 6. The Bertz CT molecular complexity index is 443. The Morgan fingerprint density at radius 3 is 2.25 bits per heavy atom. The van der Waals surface area contributed by atoms with E-state index in [4.69, 9.17) is 0 Å². The fourth-order valence-electron chi connectivity index (χ4n) is 1.90. The van der Waals surface area contributed by atoms with Crippen molar-refractivity contribution in [2.24, 2.45) is 5.92 Å². The van der Waals surface area contributed by atoms with Gasteiger partial charge in [0.15, 0.2) is 0 Å². The van der Waals surface area contributed by atoms with Crippen molar-refractivity contribution in [1.82, 2.24) is 10.2 Å². The summed E-state index contributed by atoms with van der Waals surface area (Å²) < 4.78 is 0. The summed E-state index contributed by atoms with van der Waals surface area (Å²) in [7, 11) is 0. The van der Waals surface area contributed by atoms with E-state index in [2.05, 4.69) is 5.32 Å². The first-order valence-corrected chi connectivity index (χ1v) is 7.00. The summed E-state index contributed by atoms with van der Waals surface area (Å²) in [5.74, 6) is 0.192. The Labute approximate surface area is 121 Å². The number of carbonyl (C=O) groups is 2. The number of nitrogens with zero attached hydrogens (tertiary/aromatic N) is 1. The first-order chi connectivity index (χ1) is 9.41. The summed E-state index contributed by atoms with van der Waals surface area (Å²) in [6.07, 6.45) is 0. The molecule has 0 spiro atoms. The number of hydrogen-bond donors (Lipinski definition) is 1. The fraction of sp³-hybridized carbons (Fsp3) is 0.500. The van der Waals surface area contributed by atoms with Crippen molar-refractivity contribution >= 4 is 11.8 Å². The maximum absolute atomic E-state index is 12.1. The minimum absolute atomic E-state index is 0.0962. The maximum atomic E-state index is 12.1. The van der Waals surface area contributed by atoms with Crippen LogP contribution in [0.15, 0.2) is 30.3 Å². The molecular formula is C16H24N2O2. The fourth-order valence-corrected chi connectivity index (χ4v) is 1.90. The molecule has 0 saturated carbocycles. The van der Waals surface area contributed by atoms with Crippen molar-refractivity contribution in [3.8, 4) is 0 Å². The molecule has 0 unspecified atom stereocenters. The molecular weight excluding hydrogens is 252 g/mol. The van der Waals surface area contributed by atoms with Gasteiger partial charge in [-0.15, -0.1) is 0 Å². The number of carbonyl (C=O) groups excluding carboxylic acids is 2. The van der Waals surface area contributed by atoms with Crippen LogP contribution in [0, 0.1) is 5.92 Å². The molecule has 1 atom stereocenters. The second-order valence-electron chi connectivity index (χ2n) is 5.45. The molecule has 0 saturated heterocycles. The highest BCUT2D eigenvalue weighted by molar-refractivity contribution is 5.86. The molecule has 0 aliphatic carbocycles. The molecule has 1 aromatic carbocycles. The quantitative estimate of drug-likeness (QED) is 0.866. The lowest BCUT2D eigenvalue weighted by Crippen LogP contribution is -2.47. The van der Waals surface area contributed by atoms with E-state index in [0.717, 1.165) is 5.56 Å². The zero-order valence-electron chi connectivity index (χ0n) is 12.7. The Morgan fingerprint density at radius 2 is 1.75 bits per heavy atom. The molecule has 0 aliphatic heterocycles. The molecule has 20 heavy (non-hydrogen) atoms. The van der Waals surface area contributed by atoms with Gasteiger partial charge in [0, 0.05) is 20.0 Å². The van der Waals surface area contributed by atoms with E-state index in [1.54, 1.807) is 11.8 Å². The van der Waals surface area contributed by atoms with Crippen molar-refractivity contribution in [3.05, 3.63) is 35.9 Å². The van der Waals surface area contributed by atoms with Crippen LogP contribution in [0.25, 0.3) is 0 Å². The largest absolute Gasteiger partial charge is 0.354 e. The molecule has 2 amide bonds. The van der Waals surface area contributed by atoms with Gasteiger partial charge in [-0.2, -0.15) is 0 Å². The van der Waals surface area contributed by atoms with E-state index in [1.807, 2.05) is 44.2 Å². The van der Waals surface area contributed by atoms with Crippen molar-refractivity contribution < 1.29 is 9.59 Å². The molecule has 4 heteroatoms. The van der Waals surface area contributed by atoms with Crippen LogP contribution >= 0.6 is 0 Å². The molecule has 0 bridgehead atoms. The molecule has 0 radical (unpaired) electrons. The second kappa shape index (κ2) is 7.68. The minimum Gasteiger partial charge on any atom is -0.354 e. The molecule has 1 N–H and O–H groups in total. The Kier molecular flexibility index (Phi) is 6.22. The molecule has 1 rings (SSSR count). The van der Waals surface area contributed by atoms with Crippen molar-refractivity contribution in [2.75, 3.05) is 6.54 Å². The van der Waals surface area contributed by atoms with E-state index in [9.17, 15) is 9.59 Å². The van der Waals surface area contributed by atoms with Gasteiger partial charge in [0.1, 0.15) is 6.04 Å². The van der Waals surface area contributed by atoms with Crippen LogP contribution < -0.4 is 5.32 Å². The lowest BCUT2D eigenvalue weighted by atomic mass is 10.1. The van der Waals surface area contributed by atoms with Gasteiger partial charge in [0.25, 0.3) is 0 Å². The zero-order valence-corrected chi connectivity index (χ0v) is 12.7. The van der Waals surface area contributed by atoms with Gasteiger partial charge in [-0.25, -0.2) is 0 Å². The summed E-state index contributed by atoms with van der Waals surface area (Å²) >= 11 is 0. The monoisotopic (exact) mass is 276 g/mol. The average molecular weight is 276 g/mol. The van der Waals surface area contributed by atoms with E-state index in [1.165, 1.54) is 6.92 Å². The highest BCUT2D eigenvalue weighted by atomic mass is 16.2. The topological polar surface area (TPSA) is 49.4 Å². The van der Waals surface area contributed by atoms with Gasteiger partial charge in [0.2, 0.25) is 11.8 Å². The summed E-state index contributed by atoms with van der Waals surface area (Å²) in [6.45, 7) is 8.41. The second-order valence-corrected chi connectivity index (χ2v) is 5.45. The Morgan fingerprint density at radius 1 is 1.15 bits per heavy atom. The summed E-state index contributed by atoms with van der Waals surface area (Å²) in [4.78, 5) is 25.4. The maximum Gasteiger partial charge on any atom is 0.242 e. The van der Waals surface area contributed by atoms with Crippen molar-refractivity contribution in [3.63, 3.8) is 0 Å². The van der Waals surface area contributed by atoms with E-state index in [-0.39, 0.29) is 11.8 Å². The standard InChI is InChI=1S/C16H24N2O2/c1-12(2)10-17-16(20)13(3)18(14(4)19)11-15-8-6-5-7-9-15/h5-9,12-13H,10-11H2,1-4H3,(H,17,20)/t13-/m0/s1. The highest BCUT2D eigenvalue weighted by Crippen LogP contribution is 2.09. The lowest BCUT2D eigenvalue weighted by molar-refractivity contribution is -0.139. The molecule has 0 aromatic heterocycles. The molecule has 110 valence electrons. The smallest absolute Gasteiger partial charge is 0.242 e. The van der Waals surface area contributed by atoms with E-state index in [0.29, 0.717) is 19.0 Å². The first kappa shape index (κ1) is 16.2. The Balaban J connectivity index is 2.70. The Hall–Kier alpha value is -1.84. The number of hydrogen-bond acceptors (Lipinski definition) is 2. The van der Waals surface area contributed by atoms with E-state index < -0.39 is 6.04 Å². The van der Waals surface area contributed by atoms with Gasteiger partial charge < -0.3 is 10.2 Å². The van der Waals surface area contributed by atoms with Crippen LogP contribution in [-0.4, -0.2) is 29.3 Å². The molecule has 0 aliphatic rings. The molecule has 4 nitrogen and oxygen atoms in total. The zero-order chi connectivity index (χ0) is 15.1. The van der Waals surface area contributed by atoms with Crippen LogP contribution in [0.1, 0.15) is 33.3 Å². The average Bonchev–Trinajstić information content (AvgIpc) is 2.42. The summed E-state index contributed by atoms with van der Waals surface area (Å²) in [5, 5.41) is 2.87. The molecule has 0 heterocycles. The first-order valence-electron chi connectivity index (χ1n) is 7.00. The molecule has 1 aromatic rings. The van der Waals surface area contributed by atoms with Crippen LogP contribution in [0.3, 0.4) is 0 Å². The van der Waals surface area contributed by atoms with Gasteiger partial charge in [-0.05, 0) is 18.4 Å². The predicted molar refractivity (Wildman–Crippen MR) is 80.0 cm³/mol. The number of benzene rings is 1. The van der Waals surface area contributed by atoms with Crippen LogP contribution in [0.5, 0.6) is 0 Å². The van der Waals surface area contributed by atoms with Crippen molar-refractivity contribution in [2.45, 2.75) is 40.3 Å². The van der Waals surface area contributed by atoms with Crippen LogP contribution in [0.4, 0.5) is 0 Å². The number of nitrogens with one attached hydrogen (secondary N) is 1. The summed E-state index contributed by atoms with van der Waals surface area (Å²) in [5.41, 5.74) is 1.02. The van der Waals surface area contributed by atoms with Gasteiger partial charge in [-0.1, -0.05) is 44.2 Å².